The number of carbonyl (C=O) groups excluding carboxylic acids is 2. The van der Waals surface area contributed by atoms with Crippen LogP contribution in [0.25, 0.3) is 6.08 Å². The molecule has 2 aromatic rings. The molecule has 2 fully saturated rings. The lowest BCUT2D eigenvalue weighted by Crippen LogP contribution is -2.35. The van der Waals surface area contributed by atoms with Crippen LogP contribution in [0, 0.1) is 6.92 Å². The Morgan fingerprint density at radius 2 is 1.84 bits per heavy atom. The number of rotatable bonds is 5. The van der Waals surface area contributed by atoms with Crippen LogP contribution < -0.4 is 9.80 Å². The van der Waals surface area contributed by atoms with Gasteiger partial charge in [0.05, 0.1) is 12.8 Å². The third-order valence-electron chi connectivity index (χ3n) is 5.71. The summed E-state index contributed by atoms with van der Waals surface area (Å²) in [6, 6.07) is 13.0. The molecule has 2 aliphatic heterocycles. The molecule has 0 radical (unpaired) electrons. The largest absolute Gasteiger partial charge is 0.468 e. The maximum atomic E-state index is 13.4. The monoisotopic (exact) mass is 469 g/mol. The molecule has 0 aliphatic carbocycles. The Bertz CT molecular complexity index is 1090. The molecule has 2 aliphatic rings. The van der Waals surface area contributed by atoms with Gasteiger partial charge in [-0.15, -0.1) is 0 Å². The number of halogens is 1. The molecule has 4 rings (SSSR count). The second kappa shape index (κ2) is 9.30. The van der Waals surface area contributed by atoms with E-state index >= 15 is 0 Å². The van der Waals surface area contributed by atoms with Crippen molar-refractivity contribution in [2.45, 2.75) is 19.8 Å². The molecular weight excluding hydrogens is 446 g/mol. The number of aryl methyl sites for hydroxylation is 1. The third kappa shape index (κ3) is 4.36. The van der Waals surface area contributed by atoms with Gasteiger partial charge in [-0.05, 0) is 85.6 Å². The lowest BCUT2D eigenvalue weighted by molar-refractivity contribution is -0.140. The number of methoxy groups -OCH3 is 1. The van der Waals surface area contributed by atoms with Crippen molar-refractivity contribution in [3.8, 4) is 0 Å². The molecule has 0 saturated carbocycles. The van der Waals surface area contributed by atoms with Crippen LogP contribution in [0.1, 0.15) is 24.0 Å². The molecule has 0 atom stereocenters. The lowest BCUT2D eigenvalue weighted by Gasteiger charge is -2.20. The number of amides is 1. The van der Waals surface area contributed by atoms with E-state index in [1.807, 2.05) is 6.07 Å². The molecule has 8 heteroatoms. The number of esters is 1. The summed E-state index contributed by atoms with van der Waals surface area (Å²) >= 11 is 11.6. The summed E-state index contributed by atoms with van der Waals surface area (Å²) in [5, 5.41) is 0.779. The van der Waals surface area contributed by atoms with Crippen molar-refractivity contribution < 1.29 is 14.3 Å². The van der Waals surface area contributed by atoms with E-state index in [0.717, 1.165) is 24.2 Å². The second-order valence-electron chi connectivity index (χ2n) is 7.83. The number of nitrogens with zero attached hydrogens (tertiary/aromatic N) is 3. The van der Waals surface area contributed by atoms with Gasteiger partial charge >= 0.3 is 5.97 Å². The van der Waals surface area contributed by atoms with E-state index in [4.69, 9.17) is 28.6 Å². The van der Waals surface area contributed by atoms with E-state index in [2.05, 4.69) is 24.0 Å². The molecule has 2 heterocycles. The maximum Gasteiger partial charge on any atom is 0.325 e. The molecule has 0 bridgehead atoms. The summed E-state index contributed by atoms with van der Waals surface area (Å²) in [4.78, 5) is 30.7. The van der Waals surface area contributed by atoms with E-state index in [0.29, 0.717) is 16.4 Å². The Kier molecular flexibility index (Phi) is 6.48. The Balaban J connectivity index is 1.70. The number of carbonyl (C=O) groups is 2. The fourth-order valence-corrected chi connectivity index (χ4v) is 4.56. The molecule has 0 unspecified atom stereocenters. The predicted molar refractivity (Wildman–Crippen MR) is 131 cm³/mol. The first-order valence-corrected chi connectivity index (χ1v) is 11.2. The second-order valence-corrected chi connectivity index (χ2v) is 8.63. The average molecular weight is 470 g/mol. The zero-order valence-electron chi connectivity index (χ0n) is 18.0. The summed E-state index contributed by atoms with van der Waals surface area (Å²) in [7, 11) is 1.31. The van der Waals surface area contributed by atoms with Gasteiger partial charge in [0.1, 0.15) is 12.2 Å². The van der Waals surface area contributed by atoms with E-state index < -0.39 is 5.97 Å². The third-order valence-corrected chi connectivity index (χ3v) is 6.36. The maximum absolute atomic E-state index is 13.4. The molecule has 0 spiro atoms. The Labute approximate surface area is 198 Å². The number of thiocarbonyl (C=S) groups is 1. The van der Waals surface area contributed by atoms with E-state index in [1.165, 1.54) is 35.4 Å². The molecule has 2 saturated heterocycles. The number of ether oxygens (including phenoxy) is 1. The minimum atomic E-state index is -0.482. The quantitative estimate of drug-likeness (QED) is 0.367. The van der Waals surface area contributed by atoms with Gasteiger partial charge < -0.3 is 14.5 Å². The summed E-state index contributed by atoms with van der Waals surface area (Å²) < 4.78 is 4.82. The molecule has 2 aromatic carbocycles. The van der Waals surface area contributed by atoms with Crippen LogP contribution in [0.4, 0.5) is 11.4 Å². The molecule has 1 amide bonds. The molecule has 0 aromatic heterocycles. The van der Waals surface area contributed by atoms with Gasteiger partial charge in [0.2, 0.25) is 0 Å². The van der Waals surface area contributed by atoms with Gasteiger partial charge in [-0.25, -0.2) is 0 Å². The minimum absolute atomic E-state index is 0.151. The number of hydrogen-bond acceptors (Lipinski definition) is 5. The standard InChI is InChI=1S/C24H24ClN3O3S/c1-16-13-17(5-10-20(16)26-11-3-4-12-26)14-21-23(30)28(19-8-6-18(25)7-9-19)24(32)27(21)15-22(29)31-2/h5-10,13-14H,3-4,11-12,15H2,1-2H3. The molecule has 166 valence electrons. The first kappa shape index (κ1) is 22.3. The normalized spacial score (nSPS) is 17.6. The smallest absolute Gasteiger partial charge is 0.325 e. The van der Waals surface area contributed by atoms with Gasteiger partial charge in [-0.2, -0.15) is 0 Å². The van der Waals surface area contributed by atoms with Crippen molar-refractivity contribution >= 4 is 58.3 Å². The fourth-order valence-electron chi connectivity index (χ4n) is 4.08. The van der Waals surface area contributed by atoms with Gasteiger partial charge in [-0.1, -0.05) is 17.7 Å². The van der Waals surface area contributed by atoms with E-state index in [9.17, 15) is 9.59 Å². The highest BCUT2D eigenvalue weighted by atomic mass is 35.5. The van der Waals surface area contributed by atoms with Crippen molar-refractivity contribution in [3.05, 3.63) is 64.3 Å². The molecule has 6 nitrogen and oxygen atoms in total. The number of anilines is 2. The summed E-state index contributed by atoms with van der Waals surface area (Å²) in [5.74, 6) is -0.785. The predicted octanol–water partition coefficient (Wildman–Crippen LogP) is 4.40. The Hall–Kier alpha value is -2.90. The Morgan fingerprint density at radius 3 is 2.47 bits per heavy atom. The zero-order chi connectivity index (χ0) is 22.8. The van der Waals surface area contributed by atoms with Crippen molar-refractivity contribution in [2.24, 2.45) is 0 Å². The summed E-state index contributed by atoms with van der Waals surface area (Å²) in [5.41, 5.74) is 4.13. The highest BCUT2D eigenvalue weighted by molar-refractivity contribution is 7.80. The van der Waals surface area contributed by atoms with Crippen molar-refractivity contribution in [2.75, 3.05) is 36.5 Å². The topological polar surface area (TPSA) is 53.1 Å². The lowest BCUT2D eigenvalue weighted by atomic mass is 10.1. The first-order chi connectivity index (χ1) is 15.4. The number of benzene rings is 2. The van der Waals surface area contributed by atoms with Crippen LogP contribution in [-0.4, -0.2) is 48.6 Å². The first-order valence-electron chi connectivity index (χ1n) is 10.4. The minimum Gasteiger partial charge on any atom is -0.468 e. The highest BCUT2D eigenvalue weighted by Crippen LogP contribution is 2.31. The molecule has 0 N–H and O–H groups in total. The number of hydrogen-bond donors (Lipinski definition) is 0. The van der Waals surface area contributed by atoms with E-state index in [-0.39, 0.29) is 17.6 Å². The fraction of sp³-hybridized carbons (Fsp3) is 0.292. The van der Waals surface area contributed by atoms with Crippen molar-refractivity contribution in [1.29, 1.82) is 0 Å². The zero-order valence-corrected chi connectivity index (χ0v) is 19.6. The van der Waals surface area contributed by atoms with Gasteiger partial charge in [0.15, 0.2) is 5.11 Å². The van der Waals surface area contributed by atoms with Crippen LogP contribution in [-0.2, 0) is 14.3 Å². The van der Waals surface area contributed by atoms with Crippen LogP contribution >= 0.6 is 23.8 Å². The van der Waals surface area contributed by atoms with Crippen molar-refractivity contribution in [3.63, 3.8) is 0 Å². The van der Waals surface area contributed by atoms with Crippen LogP contribution in [0.3, 0.4) is 0 Å². The van der Waals surface area contributed by atoms with Gasteiger partial charge in [0.25, 0.3) is 5.91 Å². The van der Waals surface area contributed by atoms with E-state index in [1.54, 1.807) is 30.3 Å². The average Bonchev–Trinajstić information content (AvgIpc) is 3.38. The highest BCUT2D eigenvalue weighted by Gasteiger charge is 2.40. The van der Waals surface area contributed by atoms with Crippen LogP contribution in [0.5, 0.6) is 0 Å². The van der Waals surface area contributed by atoms with Crippen molar-refractivity contribution in [1.82, 2.24) is 4.90 Å². The molecular formula is C24H24ClN3O3S. The van der Waals surface area contributed by atoms with Crippen LogP contribution in [0.2, 0.25) is 5.02 Å². The van der Waals surface area contributed by atoms with Gasteiger partial charge in [0, 0.05) is 23.8 Å². The summed E-state index contributed by atoms with van der Waals surface area (Å²) in [6.45, 7) is 4.05. The SMILES string of the molecule is COC(=O)CN1C(=S)N(c2ccc(Cl)cc2)C(=O)C1=Cc1ccc(N2CCCC2)c(C)c1. The summed E-state index contributed by atoms with van der Waals surface area (Å²) in [6.07, 6.45) is 4.19. The molecule has 32 heavy (non-hydrogen) atoms. The Morgan fingerprint density at radius 1 is 1.16 bits per heavy atom. The van der Waals surface area contributed by atoms with Gasteiger partial charge in [-0.3, -0.25) is 14.5 Å². The van der Waals surface area contributed by atoms with Crippen LogP contribution in [0.15, 0.2) is 48.2 Å².